The third-order valence-corrected chi connectivity index (χ3v) is 4.07. The van der Waals surface area contributed by atoms with E-state index in [9.17, 15) is 9.59 Å². The van der Waals surface area contributed by atoms with E-state index >= 15 is 0 Å². The molecule has 1 fully saturated rings. The quantitative estimate of drug-likeness (QED) is 0.862. The fourth-order valence-corrected chi connectivity index (χ4v) is 2.84. The molecule has 1 N–H and O–H groups in total. The number of hydrogen-bond acceptors (Lipinski definition) is 2. The molecule has 1 heterocycles. The molecule has 114 valence electrons. The van der Waals surface area contributed by atoms with Gasteiger partial charge in [0.15, 0.2) is 0 Å². The molecule has 0 saturated carbocycles. The van der Waals surface area contributed by atoms with E-state index in [1.165, 1.54) is 0 Å². The molecular formula is C18H20N2O2. The largest absolute Gasteiger partial charge is 0.352 e. The first-order valence-electron chi connectivity index (χ1n) is 7.79. The third-order valence-electron chi connectivity index (χ3n) is 4.07. The fourth-order valence-electron chi connectivity index (χ4n) is 2.84. The number of nitrogens with zero attached hydrogens (tertiary/aromatic N) is 1. The summed E-state index contributed by atoms with van der Waals surface area (Å²) in [6, 6.07) is 13.7. The van der Waals surface area contributed by atoms with Crippen molar-refractivity contribution in [3.05, 3.63) is 48.0 Å². The van der Waals surface area contributed by atoms with Crippen LogP contribution in [0.4, 0.5) is 0 Å². The fraction of sp³-hybridized carbons (Fsp3) is 0.333. The summed E-state index contributed by atoms with van der Waals surface area (Å²) < 4.78 is 0. The Morgan fingerprint density at radius 3 is 2.73 bits per heavy atom. The summed E-state index contributed by atoms with van der Waals surface area (Å²) in [5.41, 5.74) is 0.677. The van der Waals surface area contributed by atoms with Gasteiger partial charge in [0.2, 0.25) is 5.91 Å². The topological polar surface area (TPSA) is 49.4 Å². The third kappa shape index (κ3) is 3.27. The van der Waals surface area contributed by atoms with E-state index in [-0.39, 0.29) is 11.8 Å². The van der Waals surface area contributed by atoms with E-state index in [0.717, 1.165) is 36.7 Å². The zero-order chi connectivity index (χ0) is 15.4. The van der Waals surface area contributed by atoms with Crippen molar-refractivity contribution in [2.45, 2.75) is 19.3 Å². The number of hydrogen-bond donors (Lipinski definition) is 1. The minimum absolute atomic E-state index is 0.0569. The number of fused-ring (bicyclic) bond motifs is 1. The Morgan fingerprint density at radius 1 is 1.14 bits per heavy atom. The molecule has 0 radical (unpaired) electrons. The summed E-state index contributed by atoms with van der Waals surface area (Å²) in [5.74, 6) is 0.180. The van der Waals surface area contributed by atoms with Gasteiger partial charge in [0.1, 0.15) is 0 Å². The van der Waals surface area contributed by atoms with Crippen LogP contribution < -0.4 is 5.32 Å². The molecule has 0 atom stereocenters. The van der Waals surface area contributed by atoms with Gasteiger partial charge in [0, 0.05) is 31.6 Å². The van der Waals surface area contributed by atoms with Gasteiger partial charge in [-0.3, -0.25) is 9.59 Å². The Labute approximate surface area is 130 Å². The van der Waals surface area contributed by atoms with E-state index in [4.69, 9.17) is 0 Å². The molecule has 2 amide bonds. The number of carbonyl (C=O) groups excluding carboxylic acids is 2. The summed E-state index contributed by atoms with van der Waals surface area (Å²) in [4.78, 5) is 25.5. The van der Waals surface area contributed by atoms with Gasteiger partial charge in [-0.25, -0.2) is 0 Å². The summed E-state index contributed by atoms with van der Waals surface area (Å²) in [6.45, 7) is 2.18. The lowest BCUT2D eigenvalue weighted by atomic mass is 10.1. The Morgan fingerprint density at radius 2 is 1.95 bits per heavy atom. The highest BCUT2D eigenvalue weighted by Crippen LogP contribution is 2.15. The average Bonchev–Trinajstić information content (AvgIpc) is 2.96. The van der Waals surface area contributed by atoms with Crippen molar-refractivity contribution >= 4 is 22.6 Å². The molecule has 0 bridgehead atoms. The highest BCUT2D eigenvalue weighted by molar-refractivity contribution is 5.98. The molecule has 2 aromatic carbocycles. The van der Waals surface area contributed by atoms with Gasteiger partial charge in [-0.15, -0.1) is 0 Å². The molecule has 0 aliphatic carbocycles. The van der Waals surface area contributed by atoms with E-state index < -0.39 is 0 Å². The second-order valence-electron chi connectivity index (χ2n) is 5.66. The van der Waals surface area contributed by atoms with Crippen molar-refractivity contribution in [2.75, 3.05) is 19.6 Å². The molecule has 2 aromatic rings. The van der Waals surface area contributed by atoms with Gasteiger partial charge >= 0.3 is 0 Å². The van der Waals surface area contributed by atoms with E-state index in [1.807, 2.05) is 47.4 Å². The molecule has 1 saturated heterocycles. The normalized spacial score (nSPS) is 14.5. The van der Waals surface area contributed by atoms with Crippen LogP contribution in [0.1, 0.15) is 29.6 Å². The molecule has 0 aromatic heterocycles. The first kappa shape index (κ1) is 14.6. The average molecular weight is 296 g/mol. The summed E-state index contributed by atoms with van der Waals surface area (Å²) in [5, 5.41) is 5.12. The lowest BCUT2D eigenvalue weighted by Crippen LogP contribution is -2.30. The standard InChI is InChI=1S/C18H20N2O2/c21-17-7-3-11-20(17)12-4-10-19-18(22)16-9-8-14-5-1-2-6-15(14)13-16/h1-2,5-6,8-9,13H,3-4,7,10-12H2,(H,19,22). The van der Waals surface area contributed by atoms with Crippen LogP contribution in [0.25, 0.3) is 10.8 Å². The lowest BCUT2D eigenvalue weighted by Gasteiger charge is -2.15. The Kier molecular flexibility index (Phi) is 4.37. The van der Waals surface area contributed by atoms with Crippen LogP contribution >= 0.6 is 0 Å². The number of nitrogens with one attached hydrogen (secondary N) is 1. The number of rotatable bonds is 5. The summed E-state index contributed by atoms with van der Waals surface area (Å²) in [7, 11) is 0. The Balaban J connectivity index is 1.51. The zero-order valence-corrected chi connectivity index (χ0v) is 12.5. The van der Waals surface area contributed by atoms with Gasteiger partial charge in [-0.1, -0.05) is 30.3 Å². The second kappa shape index (κ2) is 6.60. The van der Waals surface area contributed by atoms with Gasteiger partial charge in [-0.05, 0) is 35.7 Å². The van der Waals surface area contributed by atoms with Crippen LogP contribution in [0.5, 0.6) is 0 Å². The molecule has 22 heavy (non-hydrogen) atoms. The molecule has 1 aliphatic rings. The zero-order valence-electron chi connectivity index (χ0n) is 12.5. The SMILES string of the molecule is O=C(NCCCN1CCCC1=O)c1ccc2ccccc2c1. The van der Waals surface area contributed by atoms with Crippen LogP contribution in [0.3, 0.4) is 0 Å². The van der Waals surface area contributed by atoms with Gasteiger partial charge < -0.3 is 10.2 Å². The van der Waals surface area contributed by atoms with E-state index in [0.29, 0.717) is 18.5 Å². The van der Waals surface area contributed by atoms with Crippen LogP contribution in [-0.2, 0) is 4.79 Å². The van der Waals surface area contributed by atoms with Crippen molar-refractivity contribution < 1.29 is 9.59 Å². The highest BCUT2D eigenvalue weighted by Gasteiger charge is 2.19. The predicted molar refractivity (Wildman–Crippen MR) is 86.7 cm³/mol. The molecule has 3 rings (SSSR count). The summed E-state index contributed by atoms with van der Waals surface area (Å²) in [6.07, 6.45) is 2.43. The Bertz CT molecular complexity index is 696. The van der Waals surface area contributed by atoms with Crippen molar-refractivity contribution in [2.24, 2.45) is 0 Å². The van der Waals surface area contributed by atoms with Crippen molar-refractivity contribution in [1.82, 2.24) is 10.2 Å². The molecule has 0 spiro atoms. The monoisotopic (exact) mass is 296 g/mol. The minimum Gasteiger partial charge on any atom is -0.352 e. The van der Waals surface area contributed by atoms with E-state index in [2.05, 4.69) is 5.32 Å². The first-order chi connectivity index (χ1) is 10.7. The number of likely N-dealkylation sites (tertiary alicyclic amines) is 1. The van der Waals surface area contributed by atoms with E-state index in [1.54, 1.807) is 0 Å². The molecule has 0 unspecified atom stereocenters. The number of benzene rings is 2. The minimum atomic E-state index is -0.0569. The lowest BCUT2D eigenvalue weighted by molar-refractivity contribution is -0.127. The number of amides is 2. The van der Waals surface area contributed by atoms with Crippen molar-refractivity contribution in [3.8, 4) is 0 Å². The van der Waals surface area contributed by atoms with Crippen LogP contribution in [0, 0.1) is 0 Å². The van der Waals surface area contributed by atoms with Crippen LogP contribution in [0.2, 0.25) is 0 Å². The second-order valence-corrected chi connectivity index (χ2v) is 5.66. The summed E-state index contributed by atoms with van der Waals surface area (Å²) >= 11 is 0. The van der Waals surface area contributed by atoms with Gasteiger partial charge in [0.25, 0.3) is 5.91 Å². The first-order valence-corrected chi connectivity index (χ1v) is 7.79. The van der Waals surface area contributed by atoms with Crippen molar-refractivity contribution in [3.63, 3.8) is 0 Å². The molecule has 4 nitrogen and oxygen atoms in total. The smallest absolute Gasteiger partial charge is 0.251 e. The van der Waals surface area contributed by atoms with Crippen LogP contribution in [0.15, 0.2) is 42.5 Å². The highest BCUT2D eigenvalue weighted by atomic mass is 16.2. The number of carbonyl (C=O) groups is 2. The predicted octanol–water partition coefficient (Wildman–Crippen LogP) is 2.58. The maximum absolute atomic E-state index is 12.2. The molecule has 1 aliphatic heterocycles. The maximum atomic E-state index is 12.2. The van der Waals surface area contributed by atoms with Gasteiger partial charge in [0.05, 0.1) is 0 Å². The molecule has 4 heteroatoms. The van der Waals surface area contributed by atoms with Gasteiger partial charge in [-0.2, -0.15) is 0 Å². The molecular weight excluding hydrogens is 276 g/mol. The maximum Gasteiger partial charge on any atom is 0.251 e. The Hall–Kier alpha value is -2.36. The van der Waals surface area contributed by atoms with Crippen molar-refractivity contribution in [1.29, 1.82) is 0 Å². The van der Waals surface area contributed by atoms with Crippen LogP contribution in [-0.4, -0.2) is 36.3 Å².